The van der Waals surface area contributed by atoms with Crippen LogP contribution in [0, 0.1) is 0 Å². The van der Waals surface area contributed by atoms with E-state index in [-0.39, 0.29) is 0 Å². The Balaban J connectivity index is 2.22. The zero-order chi connectivity index (χ0) is 6.69. The maximum atomic E-state index is 8.60. The third kappa shape index (κ3) is 1.85. The smallest absolute Gasteiger partial charge is 0.0442 e. The van der Waals surface area contributed by atoms with E-state index in [1.54, 1.807) is 0 Å². The van der Waals surface area contributed by atoms with Crippen LogP contribution < -0.4 is 5.32 Å². The second kappa shape index (κ2) is 3.44. The molecule has 0 aliphatic carbocycles. The molecule has 2 unspecified atom stereocenters. The molecule has 0 aromatic carbocycles. The van der Waals surface area contributed by atoms with Gasteiger partial charge in [-0.25, -0.2) is 0 Å². The minimum absolute atomic E-state index is 0.323. The molecule has 1 saturated heterocycles. The first kappa shape index (κ1) is 7.38. The summed E-state index contributed by atoms with van der Waals surface area (Å²) in [5.41, 5.74) is 0. The third-order valence-corrected chi connectivity index (χ3v) is 3.08. The van der Waals surface area contributed by atoms with Gasteiger partial charge in [0.05, 0.1) is 0 Å². The van der Waals surface area contributed by atoms with Crippen molar-refractivity contribution in [3.05, 3.63) is 0 Å². The van der Waals surface area contributed by atoms with Crippen molar-refractivity contribution in [2.24, 2.45) is 0 Å². The molecule has 0 bridgehead atoms. The van der Waals surface area contributed by atoms with Gasteiger partial charge in [0.2, 0.25) is 0 Å². The van der Waals surface area contributed by atoms with Crippen LogP contribution in [-0.4, -0.2) is 28.9 Å². The van der Waals surface area contributed by atoms with E-state index in [1.165, 1.54) is 0 Å². The first-order valence-corrected chi connectivity index (χ1v) is 4.35. The lowest BCUT2D eigenvalue weighted by Gasteiger charge is -2.10. The van der Waals surface area contributed by atoms with Gasteiger partial charge in [-0.05, 0) is 13.3 Å². The van der Waals surface area contributed by atoms with Crippen molar-refractivity contribution in [2.45, 2.75) is 24.6 Å². The molecule has 2 N–H and O–H groups in total. The Kier molecular flexibility index (Phi) is 2.82. The van der Waals surface area contributed by atoms with E-state index in [0.717, 1.165) is 12.3 Å². The van der Waals surface area contributed by atoms with Gasteiger partial charge in [0.15, 0.2) is 0 Å². The summed E-state index contributed by atoms with van der Waals surface area (Å²) in [5, 5.41) is 12.5. The van der Waals surface area contributed by atoms with Crippen LogP contribution in [0.2, 0.25) is 0 Å². The fourth-order valence-corrected chi connectivity index (χ4v) is 2.25. The molecule has 2 nitrogen and oxygen atoms in total. The van der Waals surface area contributed by atoms with Crippen molar-refractivity contribution in [2.75, 3.05) is 12.5 Å². The SMILES string of the molecule is CC1NCSC1CCO. The number of thioether (sulfide) groups is 1. The lowest BCUT2D eigenvalue weighted by molar-refractivity contribution is 0.282. The second-order valence-electron chi connectivity index (χ2n) is 2.35. The highest BCUT2D eigenvalue weighted by Crippen LogP contribution is 2.22. The Bertz CT molecular complexity index is 89.1. The number of aliphatic hydroxyl groups excluding tert-OH is 1. The fourth-order valence-electron chi connectivity index (χ4n) is 1.02. The number of hydrogen-bond acceptors (Lipinski definition) is 3. The van der Waals surface area contributed by atoms with Crippen molar-refractivity contribution < 1.29 is 5.11 Å². The van der Waals surface area contributed by atoms with E-state index >= 15 is 0 Å². The number of nitrogens with one attached hydrogen (secondary N) is 1. The average Bonchev–Trinajstić information content (AvgIpc) is 2.18. The second-order valence-corrected chi connectivity index (χ2v) is 3.58. The van der Waals surface area contributed by atoms with E-state index in [9.17, 15) is 0 Å². The quantitative estimate of drug-likeness (QED) is 0.593. The lowest BCUT2D eigenvalue weighted by Crippen LogP contribution is -2.26. The maximum absolute atomic E-state index is 8.60. The Morgan fingerprint density at radius 3 is 3.00 bits per heavy atom. The van der Waals surface area contributed by atoms with E-state index in [2.05, 4.69) is 12.2 Å². The van der Waals surface area contributed by atoms with Crippen LogP contribution in [0.3, 0.4) is 0 Å². The van der Waals surface area contributed by atoms with Gasteiger partial charge in [-0.1, -0.05) is 0 Å². The van der Waals surface area contributed by atoms with Crippen molar-refractivity contribution in [3.8, 4) is 0 Å². The van der Waals surface area contributed by atoms with Crippen molar-refractivity contribution in [3.63, 3.8) is 0 Å². The van der Waals surface area contributed by atoms with Crippen molar-refractivity contribution >= 4 is 11.8 Å². The highest BCUT2D eigenvalue weighted by atomic mass is 32.2. The predicted molar refractivity (Wildman–Crippen MR) is 40.5 cm³/mol. The minimum atomic E-state index is 0.323. The molecule has 1 heterocycles. The van der Waals surface area contributed by atoms with Crippen LogP contribution in [0.25, 0.3) is 0 Å². The van der Waals surface area contributed by atoms with Crippen LogP contribution in [-0.2, 0) is 0 Å². The van der Waals surface area contributed by atoms with Gasteiger partial charge in [0.25, 0.3) is 0 Å². The highest BCUT2D eigenvalue weighted by molar-refractivity contribution is 8.00. The van der Waals surface area contributed by atoms with E-state index in [1.807, 2.05) is 11.8 Å². The van der Waals surface area contributed by atoms with Gasteiger partial charge in [-0.15, -0.1) is 11.8 Å². The van der Waals surface area contributed by atoms with E-state index in [4.69, 9.17) is 5.11 Å². The minimum Gasteiger partial charge on any atom is -0.396 e. The summed E-state index contributed by atoms with van der Waals surface area (Å²) < 4.78 is 0. The molecule has 3 heteroatoms. The number of rotatable bonds is 2. The number of hydrogen-bond donors (Lipinski definition) is 2. The van der Waals surface area contributed by atoms with Crippen LogP contribution in [0.4, 0.5) is 0 Å². The van der Waals surface area contributed by atoms with Gasteiger partial charge in [0.1, 0.15) is 0 Å². The summed E-state index contributed by atoms with van der Waals surface area (Å²) in [7, 11) is 0. The Hall–Kier alpha value is 0.270. The van der Waals surface area contributed by atoms with E-state index < -0.39 is 0 Å². The topological polar surface area (TPSA) is 32.3 Å². The largest absolute Gasteiger partial charge is 0.396 e. The molecule has 1 fully saturated rings. The summed E-state index contributed by atoms with van der Waals surface area (Å²) in [5.74, 6) is 1.05. The molecule has 0 aromatic rings. The summed E-state index contributed by atoms with van der Waals surface area (Å²) >= 11 is 1.90. The van der Waals surface area contributed by atoms with Crippen LogP contribution in [0.1, 0.15) is 13.3 Å². The molecule has 9 heavy (non-hydrogen) atoms. The number of aliphatic hydroxyl groups is 1. The summed E-state index contributed by atoms with van der Waals surface area (Å²) in [4.78, 5) is 0. The zero-order valence-electron chi connectivity index (χ0n) is 5.63. The van der Waals surface area contributed by atoms with Crippen LogP contribution in [0.15, 0.2) is 0 Å². The summed E-state index contributed by atoms with van der Waals surface area (Å²) in [6, 6.07) is 0.585. The molecule has 54 valence electrons. The highest BCUT2D eigenvalue weighted by Gasteiger charge is 2.21. The monoisotopic (exact) mass is 147 g/mol. The Labute approximate surface area is 60.0 Å². The third-order valence-electron chi connectivity index (χ3n) is 1.67. The van der Waals surface area contributed by atoms with Crippen molar-refractivity contribution in [1.29, 1.82) is 0 Å². The Morgan fingerprint density at radius 2 is 2.56 bits per heavy atom. The molecular formula is C6H13NOS. The summed E-state index contributed by atoms with van der Waals surface area (Å²) in [6.07, 6.45) is 0.929. The molecule has 2 atom stereocenters. The molecule has 1 aliphatic rings. The molecule has 0 amide bonds. The molecule has 0 saturated carbocycles. The summed E-state index contributed by atoms with van der Waals surface area (Å²) in [6.45, 7) is 2.49. The van der Waals surface area contributed by atoms with Gasteiger partial charge in [-0.2, -0.15) is 0 Å². The molecule has 1 rings (SSSR count). The molecule has 0 aromatic heterocycles. The fraction of sp³-hybridized carbons (Fsp3) is 1.00. The standard InChI is InChI=1S/C6H13NOS/c1-5-6(2-3-8)9-4-7-5/h5-8H,2-4H2,1H3. The molecule has 1 aliphatic heterocycles. The first-order chi connectivity index (χ1) is 4.34. The Morgan fingerprint density at radius 1 is 1.78 bits per heavy atom. The predicted octanol–water partition coefficient (Wildman–Crippen LogP) is 0.420. The van der Waals surface area contributed by atoms with Crippen LogP contribution >= 0.6 is 11.8 Å². The average molecular weight is 147 g/mol. The first-order valence-electron chi connectivity index (χ1n) is 3.30. The zero-order valence-corrected chi connectivity index (χ0v) is 6.45. The van der Waals surface area contributed by atoms with Gasteiger partial charge >= 0.3 is 0 Å². The normalized spacial score (nSPS) is 35.3. The van der Waals surface area contributed by atoms with Gasteiger partial charge in [0, 0.05) is 23.8 Å². The maximum Gasteiger partial charge on any atom is 0.0442 e. The van der Waals surface area contributed by atoms with Gasteiger partial charge < -0.3 is 10.4 Å². The molecule has 0 radical (unpaired) electrons. The molecule has 0 spiro atoms. The van der Waals surface area contributed by atoms with E-state index in [0.29, 0.717) is 17.9 Å². The lowest BCUT2D eigenvalue weighted by atomic mass is 10.2. The van der Waals surface area contributed by atoms with Crippen LogP contribution in [0.5, 0.6) is 0 Å². The molecular weight excluding hydrogens is 134 g/mol. The van der Waals surface area contributed by atoms with Crippen molar-refractivity contribution in [1.82, 2.24) is 5.32 Å². The van der Waals surface area contributed by atoms with Gasteiger partial charge in [-0.3, -0.25) is 0 Å².